The van der Waals surface area contributed by atoms with Crippen molar-refractivity contribution in [2.45, 2.75) is 38.4 Å². The first-order valence-corrected chi connectivity index (χ1v) is 9.52. The summed E-state index contributed by atoms with van der Waals surface area (Å²) < 4.78 is 11.8. The Kier molecular flexibility index (Phi) is 5.06. The molecule has 1 saturated heterocycles. The number of nitriles is 1. The molecular weight excluding hydrogens is 322 g/mol. The molecule has 3 nitrogen and oxygen atoms in total. The maximum atomic E-state index is 9.98. The molecule has 26 heavy (non-hydrogen) atoms. The predicted octanol–water partition coefficient (Wildman–Crippen LogP) is 4.40. The molecule has 2 aromatic carbocycles. The van der Waals surface area contributed by atoms with Crippen LogP contribution in [-0.2, 0) is 22.3 Å². The number of aryl methyl sites for hydroxylation is 2. The van der Waals surface area contributed by atoms with Crippen LogP contribution in [0.2, 0.25) is 0 Å². The molecule has 1 fully saturated rings. The van der Waals surface area contributed by atoms with Crippen LogP contribution in [0.4, 0.5) is 0 Å². The lowest BCUT2D eigenvalue weighted by atomic mass is 9.68. The third kappa shape index (κ3) is 3.40. The van der Waals surface area contributed by atoms with Gasteiger partial charge in [0.1, 0.15) is 0 Å². The van der Waals surface area contributed by atoms with E-state index in [1.165, 1.54) is 22.3 Å². The molecule has 1 heterocycles. The van der Waals surface area contributed by atoms with Gasteiger partial charge in [0, 0.05) is 5.92 Å². The first-order valence-electron chi connectivity index (χ1n) is 9.52. The van der Waals surface area contributed by atoms with E-state index in [0.717, 1.165) is 19.3 Å². The summed E-state index contributed by atoms with van der Waals surface area (Å²) in [5.41, 5.74) is 5.07. The molecule has 3 unspecified atom stereocenters. The molecular formula is C23H25NO2. The summed E-state index contributed by atoms with van der Waals surface area (Å²) >= 11 is 0. The Morgan fingerprint density at radius 1 is 1.12 bits per heavy atom. The third-order valence-corrected chi connectivity index (χ3v) is 5.81. The summed E-state index contributed by atoms with van der Waals surface area (Å²) in [5, 5.41) is 9.98. The normalized spacial score (nSPS) is 24.0. The fourth-order valence-corrected chi connectivity index (χ4v) is 4.60. The van der Waals surface area contributed by atoms with Gasteiger partial charge in [-0.1, -0.05) is 54.1 Å². The molecule has 0 N–H and O–H groups in total. The lowest BCUT2D eigenvalue weighted by molar-refractivity contribution is -0.102. The first kappa shape index (κ1) is 17.3. The zero-order valence-electron chi connectivity index (χ0n) is 15.2. The molecule has 2 aromatic rings. The van der Waals surface area contributed by atoms with Crippen LogP contribution >= 0.6 is 0 Å². The number of ether oxygens (including phenoxy) is 2. The van der Waals surface area contributed by atoms with Crippen molar-refractivity contribution in [1.82, 2.24) is 0 Å². The van der Waals surface area contributed by atoms with Crippen molar-refractivity contribution >= 4 is 0 Å². The second kappa shape index (κ2) is 7.61. The van der Waals surface area contributed by atoms with Crippen molar-refractivity contribution in [3.63, 3.8) is 0 Å². The minimum atomic E-state index is -0.207. The van der Waals surface area contributed by atoms with Crippen LogP contribution in [0, 0.1) is 30.1 Å². The molecule has 3 atom stereocenters. The van der Waals surface area contributed by atoms with Crippen LogP contribution in [-0.4, -0.2) is 19.5 Å². The Balaban J connectivity index is 1.66. The molecule has 4 rings (SSSR count). The molecule has 0 spiro atoms. The number of fused-ring (bicyclic) bond motifs is 1. The highest BCUT2D eigenvalue weighted by Gasteiger charge is 2.40. The van der Waals surface area contributed by atoms with Crippen molar-refractivity contribution in [1.29, 1.82) is 5.26 Å². The van der Waals surface area contributed by atoms with Gasteiger partial charge in [-0.15, -0.1) is 0 Å². The highest BCUT2D eigenvalue weighted by molar-refractivity contribution is 5.37. The van der Waals surface area contributed by atoms with Gasteiger partial charge < -0.3 is 9.47 Å². The molecule has 0 radical (unpaired) electrons. The zero-order valence-corrected chi connectivity index (χ0v) is 15.2. The lowest BCUT2D eigenvalue weighted by Gasteiger charge is -2.37. The van der Waals surface area contributed by atoms with Crippen LogP contribution in [0.25, 0.3) is 0 Å². The molecule has 1 aliphatic heterocycles. The Labute approximate surface area is 155 Å². The Bertz CT molecular complexity index is 804. The van der Waals surface area contributed by atoms with Gasteiger partial charge in [0.05, 0.1) is 25.2 Å². The fourth-order valence-electron chi connectivity index (χ4n) is 4.60. The van der Waals surface area contributed by atoms with Crippen LogP contribution in [0.1, 0.15) is 34.6 Å². The average molecular weight is 347 g/mol. The molecule has 3 heteroatoms. The van der Waals surface area contributed by atoms with E-state index in [4.69, 9.17) is 9.47 Å². The molecule has 0 aromatic heterocycles. The van der Waals surface area contributed by atoms with Crippen molar-refractivity contribution in [3.8, 4) is 6.07 Å². The molecule has 134 valence electrons. The molecule has 0 saturated carbocycles. The highest BCUT2D eigenvalue weighted by atomic mass is 16.7. The van der Waals surface area contributed by atoms with Gasteiger partial charge in [-0.3, -0.25) is 0 Å². The van der Waals surface area contributed by atoms with Gasteiger partial charge in [0.15, 0.2) is 6.29 Å². The number of hydrogen-bond donors (Lipinski definition) is 0. The van der Waals surface area contributed by atoms with Crippen LogP contribution in [0.3, 0.4) is 0 Å². The summed E-state index contributed by atoms with van der Waals surface area (Å²) in [6.07, 6.45) is 2.71. The summed E-state index contributed by atoms with van der Waals surface area (Å²) in [4.78, 5) is 0. The van der Waals surface area contributed by atoms with E-state index in [2.05, 4.69) is 55.5 Å². The monoisotopic (exact) mass is 347 g/mol. The Morgan fingerprint density at radius 2 is 1.92 bits per heavy atom. The van der Waals surface area contributed by atoms with E-state index in [9.17, 15) is 5.26 Å². The SMILES string of the molecule is Cc1cccc(CC(C2OCCO2)C2CCc3ccccc3C2C#N)c1. The number of nitrogens with zero attached hydrogens (tertiary/aromatic N) is 1. The van der Waals surface area contributed by atoms with E-state index in [-0.39, 0.29) is 24.0 Å². The third-order valence-electron chi connectivity index (χ3n) is 5.81. The van der Waals surface area contributed by atoms with E-state index >= 15 is 0 Å². The molecule has 2 aliphatic rings. The van der Waals surface area contributed by atoms with Crippen LogP contribution in [0.5, 0.6) is 0 Å². The Morgan fingerprint density at radius 3 is 2.69 bits per heavy atom. The van der Waals surface area contributed by atoms with E-state index in [1.807, 2.05) is 6.07 Å². The highest BCUT2D eigenvalue weighted by Crippen LogP contribution is 2.43. The fraction of sp³-hybridized carbons (Fsp3) is 0.435. The minimum absolute atomic E-state index is 0.0949. The van der Waals surface area contributed by atoms with Gasteiger partial charge in [-0.2, -0.15) is 5.26 Å². The van der Waals surface area contributed by atoms with Gasteiger partial charge in [-0.25, -0.2) is 0 Å². The van der Waals surface area contributed by atoms with Crippen molar-refractivity contribution in [3.05, 3.63) is 70.8 Å². The molecule has 1 aliphatic carbocycles. The van der Waals surface area contributed by atoms with E-state index < -0.39 is 0 Å². The summed E-state index contributed by atoms with van der Waals surface area (Å²) in [6, 6.07) is 19.6. The van der Waals surface area contributed by atoms with Gasteiger partial charge >= 0.3 is 0 Å². The second-order valence-corrected chi connectivity index (χ2v) is 7.48. The maximum Gasteiger partial charge on any atom is 0.161 e. The van der Waals surface area contributed by atoms with Crippen molar-refractivity contribution in [2.24, 2.45) is 11.8 Å². The van der Waals surface area contributed by atoms with E-state index in [1.54, 1.807) is 0 Å². The summed E-state index contributed by atoms with van der Waals surface area (Å²) in [7, 11) is 0. The van der Waals surface area contributed by atoms with Crippen LogP contribution < -0.4 is 0 Å². The molecule has 0 bridgehead atoms. The topological polar surface area (TPSA) is 42.2 Å². The quantitative estimate of drug-likeness (QED) is 0.823. The largest absolute Gasteiger partial charge is 0.350 e. The number of rotatable bonds is 4. The Hall–Kier alpha value is -2.15. The number of benzene rings is 2. The van der Waals surface area contributed by atoms with Crippen LogP contribution in [0.15, 0.2) is 48.5 Å². The summed E-state index contributed by atoms with van der Waals surface area (Å²) in [6.45, 7) is 3.42. The zero-order chi connectivity index (χ0) is 17.9. The van der Waals surface area contributed by atoms with Gasteiger partial charge in [0.25, 0.3) is 0 Å². The van der Waals surface area contributed by atoms with Gasteiger partial charge in [-0.05, 0) is 48.8 Å². The first-order chi connectivity index (χ1) is 12.8. The predicted molar refractivity (Wildman–Crippen MR) is 101 cm³/mol. The minimum Gasteiger partial charge on any atom is -0.350 e. The smallest absolute Gasteiger partial charge is 0.161 e. The lowest BCUT2D eigenvalue weighted by Crippen LogP contribution is -2.36. The van der Waals surface area contributed by atoms with Gasteiger partial charge in [0.2, 0.25) is 0 Å². The van der Waals surface area contributed by atoms with Crippen molar-refractivity contribution in [2.75, 3.05) is 13.2 Å². The average Bonchev–Trinajstić information content (AvgIpc) is 3.20. The number of hydrogen-bond acceptors (Lipinski definition) is 3. The molecule has 0 amide bonds. The second-order valence-electron chi connectivity index (χ2n) is 7.48. The maximum absolute atomic E-state index is 9.98. The standard InChI is InChI=1S/C23H25NO2/c1-16-5-4-6-17(13-16)14-21(23-25-11-12-26-23)20-10-9-18-7-2-3-8-19(18)22(20)15-24/h2-8,13,20-23H,9-12,14H2,1H3. The summed E-state index contributed by atoms with van der Waals surface area (Å²) in [5.74, 6) is 0.346. The van der Waals surface area contributed by atoms with E-state index in [0.29, 0.717) is 13.2 Å². The van der Waals surface area contributed by atoms with Crippen molar-refractivity contribution < 1.29 is 9.47 Å².